The summed E-state index contributed by atoms with van der Waals surface area (Å²) >= 11 is 0. The van der Waals surface area contributed by atoms with Crippen LogP contribution in [0.4, 0.5) is 5.69 Å². The Bertz CT molecular complexity index is 1410. The minimum absolute atomic E-state index is 0.0737. The summed E-state index contributed by atoms with van der Waals surface area (Å²) in [6.45, 7) is 14.8. The van der Waals surface area contributed by atoms with Crippen molar-refractivity contribution in [3.63, 3.8) is 0 Å². The van der Waals surface area contributed by atoms with Crippen molar-refractivity contribution >= 4 is 17.2 Å². The number of ether oxygens (including phenoxy) is 1. The van der Waals surface area contributed by atoms with Gasteiger partial charge >= 0.3 is 0 Å². The van der Waals surface area contributed by atoms with Gasteiger partial charge in [0.25, 0.3) is 5.91 Å². The number of amides is 1. The van der Waals surface area contributed by atoms with Crippen molar-refractivity contribution in [1.29, 1.82) is 0 Å². The zero-order valence-electron chi connectivity index (χ0n) is 25.4. The highest BCUT2D eigenvalue weighted by Crippen LogP contribution is 2.36. The van der Waals surface area contributed by atoms with E-state index >= 15 is 0 Å². The van der Waals surface area contributed by atoms with Gasteiger partial charge in [-0.25, -0.2) is 4.98 Å². The number of pyridine rings is 1. The molecule has 0 unspecified atom stereocenters. The minimum atomic E-state index is 0.0737. The van der Waals surface area contributed by atoms with Crippen molar-refractivity contribution in [2.45, 2.75) is 53.4 Å². The van der Waals surface area contributed by atoms with Gasteiger partial charge < -0.3 is 14.5 Å². The maximum Gasteiger partial charge on any atom is 0.255 e. The van der Waals surface area contributed by atoms with Crippen LogP contribution in [0.5, 0.6) is 5.75 Å². The highest BCUT2D eigenvalue weighted by Gasteiger charge is 2.22. The molecule has 0 spiro atoms. The van der Waals surface area contributed by atoms with Gasteiger partial charge in [-0.2, -0.15) is 0 Å². The van der Waals surface area contributed by atoms with Crippen molar-refractivity contribution in [3.8, 4) is 28.8 Å². The molecule has 0 bridgehead atoms. The predicted molar refractivity (Wildman–Crippen MR) is 167 cm³/mol. The lowest BCUT2D eigenvalue weighted by atomic mass is 10.1. The molecule has 3 aromatic rings. The van der Waals surface area contributed by atoms with Crippen LogP contribution in [0, 0.1) is 23.7 Å². The Morgan fingerprint density at radius 3 is 2.46 bits per heavy atom. The SMILES string of the molecule is CC(C)CCN(CCC(C)C)C(=O)c1ccc2nc(-c3ccc4c(c3)OCCN4C)c(C#CCN3CCCC3)n2c1. The molecule has 4 heterocycles. The number of carbonyl (C=O) groups excluding carboxylic acids is 1. The van der Waals surface area contributed by atoms with E-state index in [-0.39, 0.29) is 5.91 Å². The third-order valence-electron chi connectivity index (χ3n) is 8.14. The molecular weight excluding hydrogens is 510 g/mol. The number of anilines is 1. The number of carbonyl (C=O) groups is 1. The first kappa shape index (κ1) is 29.0. The number of imidazole rings is 1. The average molecular weight is 556 g/mol. The third-order valence-corrected chi connectivity index (χ3v) is 8.14. The summed E-state index contributed by atoms with van der Waals surface area (Å²) in [7, 11) is 2.09. The van der Waals surface area contributed by atoms with E-state index in [1.807, 2.05) is 27.6 Å². The highest BCUT2D eigenvalue weighted by molar-refractivity contribution is 5.94. The van der Waals surface area contributed by atoms with E-state index in [9.17, 15) is 4.79 Å². The average Bonchev–Trinajstić information content (AvgIpc) is 3.60. The van der Waals surface area contributed by atoms with Crippen LogP contribution in [0.3, 0.4) is 0 Å². The van der Waals surface area contributed by atoms with Gasteiger partial charge in [-0.05, 0) is 80.8 Å². The Balaban J connectivity index is 1.53. The first-order valence-corrected chi connectivity index (χ1v) is 15.3. The summed E-state index contributed by atoms with van der Waals surface area (Å²) in [5.41, 5.74) is 5.15. The fourth-order valence-corrected chi connectivity index (χ4v) is 5.50. The van der Waals surface area contributed by atoms with Crippen molar-refractivity contribution in [3.05, 3.63) is 47.8 Å². The molecule has 0 aliphatic carbocycles. The van der Waals surface area contributed by atoms with Crippen molar-refractivity contribution < 1.29 is 9.53 Å². The van der Waals surface area contributed by atoms with Crippen LogP contribution < -0.4 is 9.64 Å². The van der Waals surface area contributed by atoms with E-state index in [0.29, 0.717) is 24.0 Å². The molecule has 0 saturated carbocycles. The molecule has 0 N–H and O–H groups in total. The number of likely N-dealkylation sites (tertiary alicyclic amines) is 1. The summed E-state index contributed by atoms with van der Waals surface area (Å²) in [6, 6.07) is 10.1. The van der Waals surface area contributed by atoms with Gasteiger partial charge in [-0.15, -0.1) is 0 Å². The molecule has 0 atom stereocenters. The number of likely N-dealkylation sites (N-methyl/N-ethyl adjacent to an activating group) is 1. The zero-order chi connectivity index (χ0) is 28.9. The Labute approximate surface area is 245 Å². The maximum atomic E-state index is 13.8. The van der Waals surface area contributed by atoms with E-state index in [4.69, 9.17) is 9.72 Å². The number of hydrogen-bond acceptors (Lipinski definition) is 5. The standard InChI is InChI=1S/C34H45N5O2/c1-25(2)14-19-38(20-15-26(3)4)34(40)28-11-13-32-35-33(27-10-12-29-31(23-27)41-22-21-36(29)5)30(39(32)24-28)9-8-18-37-16-6-7-17-37/h10-13,23-26H,6-7,14-22H2,1-5H3. The van der Waals surface area contributed by atoms with Crippen LogP contribution in [0.1, 0.15) is 69.4 Å². The van der Waals surface area contributed by atoms with E-state index in [1.165, 1.54) is 12.8 Å². The fraction of sp³-hybridized carbons (Fsp3) is 0.529. The number of benzene rings is 1. The molecule has 7 heteroatoms. The number of hydrogen-bond donors (Lipinski definition) is 0. The maximum absolute atomic E-state index is 13.8. The van der Waals surface area contributed by atoms with E-state index in [0.717, 1.165) is 86.1 Å². The number of nitrogens with zero attached hydrogens (tertiary/aromatic N) is 5. The van der Waals surface area contributed by atoms with Crippen molar-refractivity contribution in [2.75, 3.05) is 57.8 Å². The lowest BCUT2D eigenvalue weighted by Gasteiger charge is -2.27. The normalized spacial score (nSPS) is 15.2. The van der Waals surface area contributed by atoms with Gasteiger partial charge in [-0.1, -0.05) is 39.7 Å². The summed E-state index contributed by atoms with van der Waals surface area (Å²) in [5.74, 6) is 8.90. The Kier molecular flexibility index (Phi) is 9.19. The molecule has 1 fully saturated rings. The quantitative estimate of drug-likeness (QED) is 0.312. The van der Waals surface area contributed by atoms with E-state index in [1.54, 1.807) is 0 Å². The first-order chi connectivity index (χ1) is 19.8. The van der Waals surface area contributed by atoms with Crippen molar-refractivity contribution in [2.24, 2.45) is 11.8 Å². The van der Waals surface area contributed by atoms with Gasteiger partial charge in [0.05, 0.1) is 24.3 Å². The third kappa shape index (κ3) is 6.87. The molecule has 2 aliphatic heterocycles. The lowest BCUT2D eigenvalue weighted by molar-refractivity contribution is 0.0740. The highest BCUT2D eigenvalue weighted by atomic mass is 16.5. The van der Waals surface area contributed by atoms with Gasteiger partial charge in [0, 0.05) is 31.9 Å². The van der Waals surface area contributed by atoms with E-state index in [2.05, 4.69) is 74.6 Å². The number of fused-ring (bicyclic) bond motifs is 2. The van der Waals surface area contributed by atoms with Crippen LogP contribution in [-0.2, 0) is 0 Å². The molecule has 1 aromatic carbocycles. The summed E-state index contributed by atoms with van der Waals surface area (Å²) < 4.78 is 8.01. The Morgan fingerprint density at radius 2 is 1.76 bits per heavy atom. The van der Waals surface area contributed by atoms with Crippen LogP contribution in [0.15, 0.2) is 36.5 Å². The predicted octanol–water partition coefficient (Wildman–Crippen LogP) is 5.81. The lowest BCUT2D eigenvalue weighted by Crippen LogP contribution is -2.34. The van der Waals surface area contributed by atoms with Gasteiger partial charge in [-0.3, -0.25) is 14.1 Å². The second-order valence-corrected chi connectivity index (χ2v) is 12.3. The second kappa shape index (κ2) is 13.0. The molecule has 2 aliphatic rings. The van der Waals surface area contributed by atoms with Crippen LogP contribution >= 0.6 is 0 Å². The minimum Gasteiger partial charge on any atom is -0.490 e. The number of aromatic nitrogens is 2. The van der Waals surface area contributed by atoms with Crippen LogP contribution in [-0.4, -0.2) is 78.0 Å². The molecule has 41 heavy (non-hydrogen) atoms. The smallest absolute Gasteiger partial charge is 0.255 e. The molecule has 218 valence electrons. The summed E-state index contributed by atoms with van der Waals surface area (Å²) in [4.78, 5) is 25.5. The fourth-order valence-electron chi connectivity index (χ4n) is 5.50. The van der Waals surface area contributed by atoms with Crippen molar-refractivity contribution in [1.82, 2.24) is 19.2 Å². The second-order valence-electron chi connectivity index (χ2n) is 12.3. The van der Waals surface area contributed by atoms with Crippen LogP contribution in [0.2, 0.25) is 0 Å². The van der Waals surface area contributed by atoms with Gasteiger partial charge in [0.15, 0.2) is 0 Å². The summed E-state index contributed by atoms with van der Waals surface area (Å²) in [6.07, 6.45) is 6.39. The van der Waals surface area contributed by atoms with E-state index < -0.39 is 0 Å². The Morgan fingerprint density at radius 1 is 1.02 bits per heavy atom. The summed E-state index contributed by atoms with van der Waals surface area (Å²) in [5, 5.41) is 0. The zero-order valence-corrected chi connectivity index (χ0v) is 25.4. The van der Waals surface area contributed by atoms with Gasteiger partial charge in [0.2, 0.25) is 0 Å². The monoisotopic (exact) mass is 555 g/mol. The molecule has 1 saturated heterocycles. The molecule has 2 aromatic heterocycles. The topological polar surface area (TPSA) is 53.3 Å². The molecule has 1 amide bonds. The number of rotatable bonds is 9. The van der Waals surface area contributed by atoms with Gasteiger partial charge in [0.1, 0.15) is 29.4 Å². The molecule has 7 nitrogen and oxygen atoms in total. The first-order valence-electron chi connectivity index (χ1n) is 15.3. The molecule has 5 rings (SSSR count). The van der Waals surface area contributed by atoms with Crippen LogP contribution in [0.25, 0.3) is 16.9 Å². The Hall–Kier alpha value is -3.50. The largest absolute Gasteiger partial charge is 0.490 e. The molecule has 0 radical (unpaired) electrons. The molecular formula is C34H45N5O2.